The molecule has 6 heteroatoms. The van der Waals surface area contributed by atoms with Crippen LogP contribution in [0.1, 0.15) is 70.2 Å². The topological polar surface area (TPSA) is 68.5 Å². The van der Waals surface area contributed by atoms with E-state index < -0.39 is 0 Å². The standard InChI is InChI=1S/C21H29N3O3/c1-3-4-5-6-13-19(25)24-14-8-7-12-18(24)21-22-20(23-27-21)16-10-9-11-17(15-16)26-2/h9-11,15,18H,3-8,12-14H2,1-2H3. The Labute approximate surface area is 160 Å². The monoisotopic (exact) mass is 371 g/mol. The van der Waals surface area contributed by atoms with Gasteiger partial charge >= 0.3 is 0 Å². The number of hydrogen-bond acceptors (Lipinski definition) is 5. The summed E-state index contributed by atoms with van der Waals surface area (Å²) >= 11 is 0. The first-order chi connectivity index (χ1) is 13.2. The Bertz CT molecular complexity index is 744. The van der Waals surface area contributed by atoms with Gasteiger partial charge in [0.2, 0.25) is 17.6 Å². The van der Waals surface area contributed by atoms with Crippen LogP contribution in [0.4, 0.5) is 0 Å². The Morgan fingerprint density at radius 1 is 1.30 bits per heavy atom. The number of rotatable bonds is 8. The molecule has 1 atom stereocenters. The number of methoxy groups -OCH3 is 1. The first-order valence-corrected chi connectivity index (χ1v) is 10.0. The summed E-state index contributed by atoms with van der Waals surface area (Å²) in [7, 11) is 1.63. The second-order valence-electron chi connectivity index (χ2n) is 7.10. The molecule has 1 aliphatic rings. The highest BCUT2D eigenvalue weighted by molar-refractivity contribution is 5.76. The number of carbonyl (C=O) groups excluding carboxylic acids is 1. The van der Waals surface area contributed by atoms with Gasteiger partial charge in [-0.05, 0) is 37.8 Å². The van der Waals surface area contributed by atoms with E-state index in [1.54, 1.807) is 7.11 Å². The lowest BCUT2D eigenvalue weighted by molar-refractivity contribution is -0.135. The van der Waals surface area contributed by atoms with Crippen LogP contribution in [0, 0.1) is 0 Å². The predicted octanol–water partition coefficient (Wildman–Crippen LogP) is 4.77. The van der Waals surface area contributed by atoms with Gasteiger partial charge in [0, 0.05) is 18.5 Å². The maximum Gasteiger partial charge on any atom is 0.249 e. The highest BCUT2D eigenvalue weighted by Gasteiger charge is 2.31. The molecule has 0 bridgehead atoms. The van der Waals surface area contributed by atoms with Crippen molar-refractivity contribution in [3.63, 3.8) is 0 Å². The van der Waals surface area contributed by atoms with E-state index >= 15 is 0 Å². The Kier molecular flexibility index (Phi) is 6.85. The predicted molar refractivity (Wildman–Crippen MR) is 103 cm³/mol. The molecule has 1 unspecified atom stereocenters. The zero-order chi connectivity index (χ0) is 19.1. The number of ether oxygens (including phenoxy) is 1. The van der Waals surface area contributed by atoms with E-state index in [0.717, 1.165) is 50.0 Å². The Morgan fingerprint density at radius 3 is 3.00 bits per heavy atom. The van der Waals surface area contributed by atoms with Crippen molar-refractivity contribution in [2.45, 2.75) is 64.3 Å². The highest BCUT2D eigenvalue weighted by Crippen LogP contribution is 2.32. The number of carbonyl (C=O) groups is 1. The lowest BCUT2D eigenvalue weighted by Gasteiger charge is -2.33. The summed E-state index contributed by atoms with van der Waals surface area (Å²) in [6.07, 6.45) is 8.01. The van der Waals surface area contributed by atoms with Gasteiger partial charge in [-0.25, -0.2) is 0 Å². The molecule has 3 rings (SSSR count). The van der Waals surface area contributed by atoms with Gasteiger partial charge in [-0.3, -0.25) is 4.79 Å². The van der Waals surface area contributed by atoms with Crippen molar-refractivity contribution in [1.29, 1.82) is 0 Å². The number of amides is 1. The summed E-state index contributed by atoms with van der Waals surface area (Å²) < 4.78 is 10.8. The number of benzene rings is 1. The van der Waals surface area contributed by atoms with Crippen LogP contribution in [0.5, 0.6) is 5.75 Å². The minimum Gasteiger partial charge on any atom is -0.497 e. The number of unbranched alkanes of at least 4 members (excludes halogenated alkanes) is 3. The number of likely N-dealkylation sites (tertiary alicyclic amines) is 1. The fraction of sp³-hybridized carbons (Fsp3) is 0.571. The molecule has 6 nitrogen and oxygen atoms in total. The van der Waals surface area contributed by atoms with Crippen LogP contribution in [0.2, 0.25) is 0 Å². The van der Waals surface area contributed by atoms with Crippen molar-refractivity contribution in [2.24, 2.45) is 0 Å². The van der Waals surface area contributed by atoms with Crippen LogP contribution in [-0.4, -0.2) is 34.6 Å². The fourth-order valence-electron chi connectivity index (χ4n) is 3.58. The molecule has 0 aliphatic carbocycles. The van der Waals surface area contributed by atoms with E-state index in [-0.39, 0.29) is 11.9 Å². The molecule has 146 valence electrons. The molecule has 1 saturated heterocycles. The second kappa shape index (κ2) is 9.53. The van der Waals surface area contributed by atoms with Gasteiger partial charge in [-0.2, -0.15) is 4.98 Å². The SMILES string of the molecule is CCCCCCC(=O)N1CCCCC1c1nc(-c2cccc(OC)c2)no1. The number of aromatic nitrogens is 2. The summed E-state index contributed by atoms with van der Waals surface area (Å²) in [5.41, 5.74) is 0.845. The molecule has 0 spiro atoms. The third-order valence-electron chi connectivity index (χ3n) is 5.12. The highest BCUT2D eigenvalue weighted by atomic mass is 16.5. The third kappa shape index (κ3) is 4.87. The zero-order valence-electron chi connectivity index (χ0n) is 16.3. The maximum atomic E-state index is 12.7. The first kappa shape index (κ1) is 19.4. The zero-order valence-corrected chi connectivity index (χ0v) is 16.3. The van der Waals surface area contributed by atoms with Crippen LogP contribution in [0.15, 0.2) is 28.8 Å². The summed E-state index contributed by atoms with van der Waals surface area (Å²) in [5.74, 6) is 2.02. The third-order valence-corrected chi connectivity index (χ3v) is 5.12. The largest absolute Gasteiger partial charge is 0.497 e. The van der Waals surface area contributed by atoms with Crippen molar-refractivity contribution in [3.8, 4) is 17.1 Å². The second-order valence-corrected chi connectivity index (χ2v) is 7.10. The summed E-state index contributed by atoms with van der Waals surface area (Å²) in [6, 6.07) is 7.48. The average Bonchev–Trinajstić information content (AvgIpc) is 3.21. The fourth-order valence-corrected chi connectivity index (χ4v) is 3.58. The Hall–Kier alpha value is -2.37. The number of nitrogens with zero attached hydrogens (tertiary/aromatic N) is 3. The van der Waals surface area contributed by atoms with E-state index in [1.165, 1.54) is 12.8 Å². The minimum atomic E-state index is -0.107. The molecule has 27 heavy (non-hydrogen) atoms. The molecule has 2 heterocycles. The van der Waals surface area contributed by atoms with E-state index in [0.29, 0.717) is 18.1 Å². The van der Waals surface area contributed by atoms with E-state index in [4.69, 9.17) is 9.26 Å². The van der Waals surface area contributed by atoms with Crippen LogP contribution in [0.25, 0.3) is 11.4 Å². The normalized spacial score (nSPS) is 17.1. The lowest BCUT2D eigenvalue weighted by atomic mass is 10.0. The number of piperidine rings is 1. The minimum absolute atomic E-state index is 0.107. The molecule has 1 aliphatic heterocycles. The first-order valence-electron chi connectivity index (χ1n) is 10.0. The van der Waals surface area contributed by atoms with Gasteiger partial charge in [-0.1, -0.05) is 43.5 Å². The summed E-state index contributed by atoms with van der Waals surface area (Å²) in [4.78, 5) is 19.3. The molecule has 0 saturated carbocycles. The quantitative estimate of drug-likeness (QED) is 0.625. The van der Waals surface area contributed by atoms with Gasteiger partial charge in [0.25, 0.3) is 0 Å². The van der Waals surface area contributed by atoms with Crippen LogP contribution in [-0.2, 0) is 4.79 Å². The molecule has 2 aromatic rings. The van der Waals surface area contributed by atoms with Crippen molar-refractivity contribution in [3.05, 3.63) is 30.2 Å². The van der Waals surface area contributed by atoms with Gasteiger partial charge in [-0.15, -0.1) is 0 Å². The average molecular weight is 371 g/mol. The summed E-state index contributed by atoms with van der Waals surface area (Å²) in [6.45, 7) is 2.95. The van der Waals surface area contributed by atoms with Crippen LogP contribution < -0.4 is 4.74 Å². The Balaban J connectivity index is 1.71. The molecule has 1 aromatic carbocycles. The van der Waals surface area contributed by atoms with E-state index in [1.807, 2.05) is 29.2 Å². The van der Waals surface area contributed by atoms with E-state index in [2.05, 4.69) is 17.1 Å². The van der Waals surface area contributed by atoms with Crippen LogP contribution in [0.3, 0.4) is 0 Å². The maximum absolute atomic E-state index is 12.7. The van der Waals surface area contributed by atoms with Gasteiger partial charge in [0.05, 0.1) is 7.11 Å². The molecular weight excluding hydrogens is 342 g/mol. The molecule has 1 fully saturated rings. The smallest absolute Gasteiger partial charge is 0.249 e. The lowest BCUT2D eigenvalue weighted by Crippen LogP contribution is -2.38. The van der Waals surface area contributed by atoms with Gasteiger partial charge in [0.1, 0.15) is 11.8 Å². The summed E-state index contributed by atoms with van der Waals surface area (Å²) in [5, 5.41) is 4.14. The van der Waals surface area contributed by atoms with Crippen molar-refractivity contribution < 1.29 is 14.1 Å². The molecular formula is C21H29N3O3. The van der Waals surface area contributed by atoms with E-state index in [9.17, 15) is 4.79 Å². The van der Waals surface area contributed by atoms with Gasteiger partial charge in [0.15, 0.2) is 0 Å². The molecule has 1 aromatic heterocycles. The van der Waals surface area contributed by atoms with Gasteiger partial charge < -0.3 is 14.2 Å². The number of hydrogen-bond donors (Lipinski definition) is 0. The molecule has 0 radical (unpaired) electrons. The van der Waals surface area contributed by atoms with Crippen molar-refractivity contribution in [1.82, 2.24) is 15.0 Å². The van der Waals surface area contributed by atoms with Crippen LogP contribution >= 0.6 is 0 Å². The Morgan fingerprint density at radius 2 is 2.19 bits per heavy atom. The van der Waals surface area contributed by atoms with Crippen molar-refractivity contribution >= 4 is 5.91 Å². The van der Waals surface area contributed by atoms with Crippen molar-refractivity contribution in [2.75, 3.05) is 13.7 Å². The molecule has 1 amide bonds. The molecule has 0 N–H and O–H groups in total.